The lowest BCUT2D eigenvalue weighted by molar-refractivity contribution is -0.147. The van der Waals surface area contributed by atoms with E-state index in [1.807, 2.05) is 91.0 Å². The number of benzene rings is 4. The van der Waals surface area contributed by atoms with Crippen LogP contribution >= 0.6 is 0 Å². The van der Waals surface area contributed by atoms with Gasteiger partial charge < -0.3 is 19.9 Å². The first-order valence-electron chi connectivity index (χ1n) is 12.4. The Balaban J connectivity index is 1.64. The van der Waals surface area contributed by atoms with E-state index in [9.17, 15) is 14.7 Å². The van der Waals surface area contributed by atoms with E-state index in [1.165, 1.54) is 14.0 Å². The first-order chi connectivity index (χ1) is 18.4. The van der Waals surface area contributed by atoms with Gasteiger partial charge in [0.25, 0.3) is 0 Å². The molecule has 1 atom stereocenters. The standard InChI is InChI=1S/C32H31NO5/c1-32(31(35)36,33-30(34)28(24-15-8-4-9-16-24)25-17-10-5-11-18-25)21-26-19-12-20-27(37-2)29(26)38-22-23-13-6-3-7-14-23/h3-20,28H,21-22H2,1-2H3,(H,33,34)(H,35,36). The second-order valence-electron chi connectivity index (χ2n) is 9.28. The van der Waals surface area contributed by atoms with Crippen molar-refractivity contribution in [3.8, 4) is 11.5 Å². The van der Waals surface area contributed by atoms with Crippen LogP contribution in [0.4, 0.5) is 0 Å². The number of aliphatic carboxylic acids is 1. The summed E-state index contributed by atoms with van der Waals surface area (Å²) in [6.45, 7) is 1.80. The number of carboxylic acids is 1. The number of para-hydroxylation sites is 1. The van der Waals surface area contributed by atoms with Gasteiger partial charge >= 0.3 is 5.97 Å². The van der Waals surface area contributed by atoms with Crippen LogP contribution in [0.25, 0.3) is 0 Å². The molecule has 0 heterocycles. The Bertz CT molecular complexity index is 1320. The van der Waals surface area contributed by atoms with Crippen LogP contribution in [0.2, 0.25) is 0 Å². The van der Waals surface area contributed by atoms with E-state index in [0.717, 1.165) is 16.7 Å². The third kappa shape index (κ3) is 6.21. The predicted molar refractivity (Wildman–Crippen MR) is 146 cm³/mol. The van der Waals surface area contributed by atoms with E-state index in [2.05, 4.69) is 5.32 Å². The van der Waals surface area contributed by atoms with Crippen LogP contribution in [0.1, 0.15) is 35.1 Å². The molecule has 1 amide bonds. The van der Waals surface area contributed by atoms with Gasteiger partial charge in [0.1, 0.15) is 12.1 Å². The number of ether oxygens (including phenoxy) is 2. The highest BCUT2D eigenvalue weighted by atomic mass is 16.5. The zero-order chi connectivity index (χ0) is 27.0. The Morgan fingerprint density at radius 1 is 0.816 bits per heavy atom. The molecule has 4 aromatic rings. The third-order valence-corrected chi connectivity index (χ3v) is 6.45. The summed E-state index contributed by atoms with van der Waals surface area (Å²) in [6.07, 6.45) is -0.00824. The number of amides is 1. The molecule has 6 nitrogen and oxygen atoms in total. The van der Waals surface area contributed by atoms with Crippen molar-refractivity contribution in [2.45, 2.75) is 31.4 Å². The molecule has 6 heteroatoms. The Morgan fingerprint density at radius 3 is 1.89 bits per heavy atom. The molecule has 0 aliphatic heterocycles. The van der Waals surface area contributed by atoms with Crippen LogP contribution in [0.3, 0.4) is 0 Å². The molecule has 194 valence electrons. The molecule has 0 fully saturated rings. The molecular weight excluding hydrogens is 478 g/mol. The van der Waals surface area contributed by atoms with Crippen molar-refractivity contribution < 1.29 is 24.2 Å². The van der Waals surface area contributed by atoms with E-state index < -0.39 is 23.3 Å². The Morgan fingerprint density at radius 2 is 1.37 bits per heavy atom. The lowest BCUT2D eigenvalue weighted by Gasteiger charge is -2.30. The Labute approximate surface area is 222 Å². The number of hydrogen-bond donors (Lipinski definition) is 2. The highest BCUT2D eigenvalue weighted by molar-refractivity contribution is 5.92. The van der Waals surface area contributed by atoms with Crippen molar-refractivity contribution in [2.24, 2.45) is 0 Å². The SMILES string of the molecule is COc1cccc(CC(C)(NC(=O)C(c2ccccc2)c2ccccc2)C(=O)O)c1OCc1ccccc1. The van der Waals surface area contributed by atoms with Gasteiger partial charge in [-0.2, -0.15) is 0 Å². The summed E-state index contributed by atoms with van der Waals surface area (Å²) in [5, 5.41) is 13.1. The number of hydrogen-bond acceptors (Lipinski definition) is 4. The molecule has 0 saturated carbocycles. The van der Waals surface area contributed by atoms with Gasteiger partial charge in [-0.1, -0.05) is 103 Å². The van der Waals surface area contributed by atoms with Crippen LogP contribution in [0.5, 0.6) is 11.5 Å². The molecule has 4 rings (SSSR count). The molecule has 2 N–H and O–H groups in total. The predicted octanol–water partition coefficient (Wildman–Crippen LogP) is 5.61. The largest absolute Gasteiger partial charge is 0.493 e. The van der Waals surface area contributed by atoms with Crippen LogP contribution in [-0.4, -0.2) is 29.6 Å². The summed E-state index contributed by atoms with van der Waals surface area (Å²) >= 11 is 0. The molecule has 0 spiro atoms. The van der Waals surface area contributed by atoms with Gasteiger partial charge in [-0.05, 0) is 29.7 Å². The molecule has 4 aromatic carbocycles. The fourth-order valence-electron chi connectivity index (χ4n) is 4.44. The van der Waals surface area contributed by atoms with Crippen molar-refractivity contribution in [3.63, 3.8) is 0 Å². The number of rotatable bonds is 11. The first-order valence-corrected chi connectivity index (χ1v) is 12.4. The lowest BCUT2D eigenvalue weighted by atomic mass is 9.87. The van der Waals surface area contributed by atoms with Crippen LogP contribution in [0.15, 0.2) is 109 Å². The zero-order valence-electron chi connectivity index (χ0n) is 21.5. The van der Waals surface area contributed by atoms with E-state index in [1.54, 1.807) is 18.2 Å². The fourth-order valence-corrected chi connectivity index (χ4v) is 4.44. The lowest BCUT2D eigenvalue weighted by Crippen LogP contribution is -2.55. The van der Waals surface area contributed by atoms with Gasteiger partial charge in [-0.25, -0.2) is 4.79 Å². The van der Waals surface area contributed by atoms with Crippen molar-refractivity contribution >= 4 is 11.9 Å². The summed E-state index contributed by atoms with van der Waals surface area (Å²) in [5.74, 6) is -1.29. The minimum absolute atomic E-state index is 0.00824. The smallest absolute Gasteiger partial charge is 0.329 e. The summed E-state index contributed by atoms with van der Waals surface area (Å²) in [5.41, 5.74) is 1.51. The minimum atomic E-state index is -1.61. The number of carboxylic acid groups (broad SMARTS) is 1. The quantitative estimate of drug-likeness (QED) is 0.275. The summed E-state index contributed by atoms with van der Waals surface area (Å²) in [6, 6.07) is 33.7. The van der Waals surface area contributed by atoms with Gasteiger partial charge in [0.05, 0.1) is 13.0 Å². The van der Waals surface area contributed by atoms with Gasteiger partial charge in [0.15, 0.2) is 11.5 Å². The van der Waals surface area contributed by atoms with Gasteiger partial charge in [0, 0.05) is 12.0 Å². The maximum atomic E-state index is 13.7. The van der Waals surface area contributed by atoms with Crippen LogP contribution in [0, 0.1) is 0 Å². The first kappa shape index (κ1) is 26.5. The van der Waals surface area contributed by atoms with E-state index >= 15 is 0 Å². The van der Waals surface area contributed by atoms with Gasteiger partial charge in [0.2, 0.25) is 5.91 Å². The molecule has 0 radical (unpaired) electrons. The highest BCUT2D eigenvalue weighted by Crippen LogP contribution is 2.35. The van der Waals surface area contributed by atoms with E-state index in [4.69, 9.17) is 9.47 Å². The molecule has 0 aromatic heterocycles. The normalized spacial score (nSPS) is 12.4. The second-order valence-corrected chi connectivity index (χ2v) is 9.28. The molecule has 0 aliphatic carbocycles. The second kappa shape index (κ2) is 12.1. The number of carbonyl (C=O) groups excluding carboxylic acids is 1. The molecule has 0 aliphatic rings. The number of nitrogens with one attached hydrogen (secondary N) is 1. The average molecular weight is 510 g/mol. The van der Waals surface area contributed by atoms with Crippen molar-refractivity contribution in [2.75, 3.05) is 7.11 Å². The van der Waals surface area contributed by atoms with E-state index in [-0.39, 0.29) is 13.0 Å². The zero-order valence-corrected chi connectivity index (χ0v) is 21.5. The topological polar surface area (TPSA) is 84.9 Å². The summed E-state index contributed by atoms with van der Waals surface area (Å²) in [7, 11) is 1.54. The van der Waals surface area contributed by atoms with Crippen LogP contribution < -0.4 is 14.8 Å². The average Bonchev–Trinajstić information content (AvgIpc) is 2.94. The molecule has 1 unspecified atom stereocenters. The summed E-state index contributed by atoms with van der Waals surface area (Å²) in [4.78, 5) is 26.4. The van der Waals surface area contributed by atoms with Gasteiger partial charge in [-0.3, -0.25) is 4.79 Å². The summed E-state index contributed by atoms with van der Waals surface area (Å²) < 4.78 is 11.7. The molecular formula is C32H31NO5. The highest BCUT2D eigenvalue weighted by Gasteiger charge is 2.38. The maximum Gasteiger partial charge on any atom is 0.329 e. The Kier molecular flexibility index (Phi) is 8.44. The molecule has 38 heavy (non-hydrogen) atoms. The third-order valence-electron chi connectivity index (χ3n) is 6.45. The maximum absolute atomic E-state index is 13.7. The van der Waals surface area contributed by atoms with Gasteiger partial charge in [-0.15, -0.1) is 0 Å². The van der Waals surface area contributed by atoms with E-state index in [0.29, 0.717) is 17.1 Å². The van der Waals surface area contributed by atoms with Crippen molar-refractivity contribution in [3.05, 3.63) is 131 Å². The minimum Gasteiger partial charge on any atom is -0.493 e. The monoisotopic (exact) mass is 509 g/mol. The molecule has 0 saturated heterocycles. The number of carbonyl (C=O) groups is 2. The fraction of sp³-hybridized carbons (Fsp3) is 0.188. The molecule has 0 bridgehead atoms. The van der Waals surface area contributed by atoms with Crippen molar-refractivity contribution in [1.82, 2.24) is 5.32 Å². The van der Waals surface area contributed by atoms with Crippen molar-refractivity contribution in [1.29, 1.82) is 0 Å². The number of methoxy groups -OCH3 is 1. The van der Waals surface area contributed by atoms with Crippen LogP contribution in [-0.2, 0) is 22.6 Å². The Hall–Kier alpha value is -4.58.